The van der Waals surface area contributed by atoms with Gasteiger partial charge in [-0.05, 0) is 11.6 Å². The number of rotatable bonds is 0. The van der Waals surface area contributed by atoms with Crippen molar-refractivity contribution in [3.05, 3.63) is 36.1 Å². The van der Waals surface area contributed by atoms with Crippen LogP contribution in [0, 0.1) is 0 Å². The first-order chi connectivity index (χ1) is 4.20. The zero-order valence-electron chi connectivity index (χ0n) is 5.17. The zero-order valence-corrected chi connectivity index (χ0v) is 5.17. The summed E-state index contributed by atoms with van der Waals surface area (Å²) in [6.45, 7) is 3.70. The van der Waals surface area contributed by atoms with E-state index in [4.69, 9.17) is 11.5 Å². The molecule has 0 aliphatic heterocycles. The lowest BCUT2D eigenvalue weighted by atomic mass is 10.1. The van der Waals surface area contributed by atoms with Crippen molar-refractivity contribution < 1.29 is 0 Å². The number of hydrogen-bond acceptors (Lipinski definition) is 2. The van der Waals surface area contributed by atoms with Crippen LogP contribution in [-0.2, 0) is 0 Å². The van der Waals surface area contributed by atoms with E-state index < -0.39 is 0 Å². The van der Waals surface area contributed by atoms with Crippen LogP contribution in [0.2, 0.25) is 0 Å². The van der Waals surface area contributed by atoms with Crippen molar-refractivity contribution in [1.29, 1.82) is 0 Å². The van der Waals surface area contributed by atoms with Gasteiger partial charge in [0, 0.05) is 5.70 Å². The van der Waals surface area contributed by atoms with Gasteiger partial charge in [0.05, 0.1) is 6.04 Å². The van der Waals surface area contributed by atoms with E-state index in [1.54, 1.807) is 6.08 Å². The van der Waals surface area contributed by atoms with Gasteiger partial charge in [0.2, 0.25) is 0 Å². The van der Waals surface area contributed by atoms with Gasteiger partial charge in [-0.2, -0.15) is 0 Å². The molecule has 1 aliphatic rings. The summed E-state index contributed by atoms with van der Waals surface area (Å²) in [5, 5.41) is 0. The summed E-state index contributed by atoms with van der Waals surface area (Å²) in [6, 6.07) is -0.115. The van der Waals surface area contributed by atoms with Gasteiger partial charge in [0.25, 0.3) is 0 Å². The van der Waals surface area contributed by atoms with Crippen LogP contribution < -0.4 is 11.5 Å². The van der Waals surface area contributed by atoms with Gasteiger partial charge < -0.3 is 11.5 Å². The average molecular weight is 122 g/mol. The first-order valence-electron chi connectivity index (χ1n) is 2.80. The Morgan fingerprint density at radius 2 is 2.22 bits per heavy atom. The SMILES string of the molecule is C=C1C=C[C@H](N)C(N)=C1. The molecule has 0 aromatic heterocycles. The van der Waals surface area contributed by atoms with Crippen LogP contribution in [-0.4, -0.2) is 6.04 Å². The highest BCUT2D eigenvalue weighted by Gasteiger charge is 2.04. The molecule has 9 heavy (non-hydrogen) atoms. The molecule has 1 atom stereocenters. The van der Waals surface area contributed by atoms with Gasteiger partial charge in [-0.3, -0.25) is 0 Å². The molecule has 2 nitrogen and oxygen atoms in total. The maximum atomic E-state index is 5.52. The Balaban J connectivity index is 2.82. The van der Waals surface area contributed by atoms with Crippen molar-refractivity contribution in [2.45, 2.75) is 6.04 Å². The lowest BCUT2D eigenvalue weighted by Gasteiger charge is -2.11. The summed E-state index contributed by atoms with van der Waals surface area (Å²) < 4.78 is 0. The van der Waals surface area contributed by atoms with Gasteiger partial charge >= 0.3 is 0 Å². The molecule has 0 heterocycles. The lowest BCUT2D eigenvalue weighted by molar-refractivity contribution is 0.919. The first kappa shape index (κ1) is 6.11. The van der Waals surface area contributed by atoms with Crippen LogP contribution in [0.4, 0.5) is 0 Å². The number of hydrogen-bond donors (Lipinski definition) is 2. The van der Waals surface area contributed by atoms with Gasteiger partial charge in [0.15, 0.2) is 0 Å². The molecule has 2 heteroatoms. The van der Waals surface area contributed by atoms with Crippen LogP contribution >= 0.6 is 0 Å². The molecule has 4 N–H and O–H groups in total. The van der Waals surface area contributed by atoms with E-state index in [1.165, 1.54) is 0 Å². The number of nitrogens with two attached hydrogens (primary N) is 2. The molecule has 1 aliphatic carbocycles. The molecule has 0 saturated heterocycles. The standard InChI is InChI=1S/C7H10N2/c1-5-2-3-6(8)7(9)4-5/h2-4,6H,1,8-9H2/t6-/m0/s1. The molecule has 0 saturated carbocycles. The third-order valence-corrected chi connectivity index (χ3v) is 1.25. The topological polar surface area (TPSA) is 52.0 Å². The molecule has 1 rings (SSSR count). The smallest absolute Gasteiger partial charge is 0.0631 e. The fourth-order valence-electron chi connectivity index (χ4n) is 0.697. The van der Waals surface area contributed by atoms with Crippen molar-refractivity contribution >= 4 is 0 Å². The molecule has 0 radical (unpaired) electrons. The van der Waals surface area contributed by atoms with Gasteiger partial charge in [-0.1, -0.05) is 18.7 Å². The van der Waals surface area contributed by atoms with Gasteiger partial charge in [-0.15, -0.1) is 0 Å². The van der Waals surface area contributed by atoms with Crippen LogP contribution in [0.15, 0.2) is 36.1 Å². The zero-order chi connectivity index (χ0) is 6.85. The minimum Gasteiger partial charge on any atom is -0.400 e. The third-order valence-electron chi connectivity index (χ3n) is 1.25. The molecule has 0 unspecified atom stereocenters. The largest absolute Gasteiger partial charge is 0.400 e. The average Bonchev–Trinajstić information content (AvgIpc) is 1.80. The van der Waals surface area contributed by atoms with Crippen molar-refractivity contribution in [2.75, 3.05) is 0 Å². The van der Waals surface area contributed by atoms with Crippen molar-refractivity contribution in [2.24, 2.45) is 11.5 Å². The summed E-state index contributed by atoms with van der Waals surface area (Å²) in [4.78, 5) is 0. The molecule has 0 bridgehead atoms. The van der Waals surface area contributed by atoms with E-state index in [0.29, 0.717) is 5.70 Å². The minimum absolute atomic E-state index is 0.115. The van der Waals surface area contributed by atoms with E-state index in [9.17, 15) is 0 Å². The second-order valence-electron chi connectivity index (χ2n) is 2.10. The molecular weight excluding hydrogens is 112 g/mol. The molecule has 0 fully saturated rings. The summed E-state index contributed by atoms with van der Waals surface area (Å²) in [7, 11) is 0. The van der Waals surface area contributed by atoms with Crippen LogP contribution in [0.25, 0.3) is 0 Å². The highest BCUT2D eigenvalue weighted by molar-refractivity contribution is 5.38. The van der Waals surface area contributed by atoms with Crippen molar-refractivity contribution in [1.82, 2.24) is 0 Å². The summed E-state index contributed by atoms with van der Waals surface area (Å²) >= 11 is 0. The maximum absolute atomic E-state index is 5.52. The fraction of sp³-hybridized carbons (Fsp3) is 0.143. The fourth-order valence-corrected chi connectivity index (χ4v) is 0.697. The molecule has 0 amide bonds. The van der Waals surface area contributed by atoms with E-state index >= 15 is 0 Å². The van der Waals surface area contributed by atoms with E-state index in [0.717, 1.165) is 5.57 Å². The predicted molar refractivity (Wildman–Crippen MR) is 38.5 cm³/mol. The Morgan fingerprint density at radius 3 is 2.67 bits per heavy atom. The number of allylic oxidation sites excluding steroid dienone is 3. The Hall–Kier alpha value is -1.02. The minimum atomic E-state index is -0.115. The Labute approximate surface area is 54.5 Å². The summed E-state index contributed by atoms with van der Waals surface area (Å²) in [5.41, 5.74) is 12.6. The lowest BCUT2D eigenvalue weighted by Crippen LogP contribution is -2.26. The van der Waals surface area contributed by atoms with Crippen LogP contribution in [0.5, 0.6) is 0 Å². The van der Waals surface area contributed by atoms with Crippen LogP contribution in [0.1, 0.15) is 0 Å². The molecule has 0 aromatic carbocycles. The summed E-state index contributed by atoms with van der Waals surface area (Å²) in [5.74, 6) is 0. The molecule has 48 valence electrons. The van der Waals surface area contributed by atoms with Crippen LogP contribution in [0.3, 0.4) is 0 Å². The maximum Gasteiger partial charge on any atom is 0.0631 e. The molecule has 0 aromatic rings. The van der Waals surface area contributed by atoms with E-state index in [2.05, 4.69) is 6.58 Å². The summed E-state index contributed by atoms with van der Waals surface area (Å²) in [6.07, 6.45) is 5.48. The van der Waals surface area contributed by atoms with E-state index in [-0.39, 0.29) is 6.04 Å². The predicted octanol–water partition coefficient (Wildman–Crippen LogP) is 0.282. The molecular formula is C7H10N2. The third kappa shape index (κ3) is 1.21. The Bertz CT molecular complexity index is 189. The monoisotopic (exact) mass is 122 g/mol. The quantitative estimate of drug-likeness (QED) is 0.485. The van der Waals surface area contributed by atoms with E-state index in [1.807, 2.05) is 12.2 Å². The second-order valence-corrected chi connectivity index (χ2v) is 2.10. The van der Waals surface area contributed by atoms with Crippen molar-refractivity contribution in [3.63, 3.8) is 0 Å². The van der Waals surface area contributed by atoms with Crippen molar-refractivity contribution in [3.8, 4) is 0 Å². The van der Waals surface area contributed by atoms with Gasteiger partial charge in [-0.25, -0.2) is 0 Å². The Kier molecular flexibility index (Phi) is 1.40. The highest BCUT2D eigenvalue weighted by Crippen LogP contribution is 2.07. The first-order valence-corrected chi connectivity index (χ1v) is 2.80. The normalized spacial score (nSPS) is 26.1. The highest BCUT2D eigenvalue weighted by atomic mass is 14.7. The van der Waals surface area contributed by atoms with Gasteiger partial charge in [0.1, 0.15) is 0 Å². The molecule has 0 spiro atoms. The Morgan fingerprint density at radius 1 is 1.56 bits per heavy atom. The second kappa shape index (κ2) is 2.07.